The Bertz CT molecular complexity index is 810. The predicted octanol–water partition coefficient (Wildman–Crippen LogP) is 3.68. The summed E-state index contributed by atoms with van der Waals surface area (Å²) in [6, 6.07) is 7.81. The molecule has 11 heteroatoms. The molecule has 1 aromatic carbocycles. The zero-order valence-corrected chi connectivity index (χ0v) is 19.8. The largest absolute Gasteiger partial charge is 0.490 e. The SMILES string of the molecule is O=C(CCN(C(=O)c1cccc(Br)c1)C1CCCCC1)N1CCNCC1.O=C(O)C(F)(F)F. The van der Waals surface area contributed by atoms with Crippen molar-refractivity contribution in [3.63, 3.8) is 0 Å². The van der Waals surface area contributed by atoms with Crippen LogP contribution in [0.2, 0.25) is 0 Å². The third-order valence-electron chi connectivity index (χ3n) is 5.63. The summed E-state index contributed by atoms with van der Waals surface area (Å²) in [6.45, 7) is 3.76. The van der Waals surface area contributed by atoms with Crippen molar-refractivity contribution in [2.75, 3.05) is 32.7 Å². The molecule has 1 aliphatic carbocycles. The molecular formula is C22H29BrF3N3O4. The fourth-order valence-corrected chi connectivity index (χ4v) is 4.32. The molecule has 0 unspecified atom stereocenters. The maximum absolute atomic E-state index is 13.2. The van der Waals surface area contributed by atoms with E-state index in [1.165, 1.54) is 19.3 Å². The van der Waals surface area contributed by atoms with Gasteiger partial charge in [0.15, 0.2) is 0 Å². The first-order chi connectivity index (χ1) is 15.6. The van der Waals surface area contributed by atoms with Crippen LogP contribution < -0.4 is 5.32 Å². The van der Waals surface area contributed by atoms with Crippen LogP contribution in [0.5, 0.6) is 0 Å². The summed E-state index contributed by atoms with van der Waals surface area (Å²) >= 11 is 3.45. The Morgan fingerprint density at radius 2 is 1.73 bits per heavy atom. The van der Waals surface area contributed by atoms with Gasteiger partial charge in [0.25, 0.3) is 5.91 Å². The second-order valence-corrected chi connectivity index (χ2v) is 8.90. The Morgan fingerprint density at radius 3 is 2.27 bits per heavy atom. The van der Waals surface area contributed by atoms with Gasteiger partial charge in [-0.05, 0) is 31.0 Å². The van der Waals surface area contributed by atoms with Crippen LogP contribution >= 0.6 is 15.9 Å². The number of alkyl halides is 3. The number of hydrogen-bond acceptors (Lipinski definition) is 4. The molecule has 0 spiro atoms. The van der Waals surface area contributed by atoms with Crippen molar-refractivity contribution in [1.29, 1.82) is 0 Å². The second-order valence-electron chi connectivity index (χ2n) is 7.98. The highest BCUT2D eigenvalue weighted by molar-refractivity contribution is 9.10. The number of rotatable bonds is 5. The number of halogens is 4. The van der Waals surface area contributed by atoms with E-state index in [1.807, 2.05) is 34.1 Å². The smallest absolute Gasteiger partial charge is 0.475 e. The van der Waals surface area contributed by atoms with Crippen LogP contribution in [0.4, 0.5) is 13.2 Å². The summed E-state index contributed by atoms with van der Waals surface area (Å²) in [5, 5.41) is 10.4. The van der Waals surface area contributed by atoms with Crippen LogP contribution in [0.25, 0.3) is 0 Å². The van der Waals surface area contributed by atoms with Gasteiger partial charge in [0.05, 0.1) is 0 Å². The van der Waals surface area contributed by atoms with Crippen molar-refractivity contribution in [2.45, 2.75) is 50.7 Å². The molecule has 184 valence electrons. The molecule has 1 saturated carbocycles. The van der Waals surface area contributed by atoms with Crippen LogP contribution in [0.1, 0.15) is 48.9 Å². The summed E-state index contributed by atoms with van der Waals surface area (Å²) < 4.78 is 32.6. The highest BCUT2D eigenvalue weighted by atomic mass is 79.9. The zero-order chi connectivity index (χ0) is 24.4. The molecule has 0 atom stereocenters. The fourth-order valence-electron chi connectivity index (χ4n) is 3.92. The van der Waals surface area contributed by atoms with Crippen LogP contribution in [0.15, 0.2) is 28.7 Å². The van der Waals surface area contributed by atoms with Gasteiger partial charge in [-0.1, -0.05) is 41.3 Å². The summed E-state index contributed by atoms with van der Waals surface area (Å²) in [5.74, 6) is -2.55. The number of piperazine rings is 1. The van der Waals surface area contributed by atoms with Gasteiger partial charge in [-0.3, -0.25) is 9.59 Å². The van der Waals surface area contributed by atoms with E-state index in [9.17, 15) is 22.8 Å². The molecule has 2 N–H and O–H groups in total. The standard InChI is InChI=1S/C20H28BrN3O2.C2HF3O2/c21-17-6-4-5-16(15-17)20(26)24(18-7-2-1-3-8-18)12-9-19(25)23-13-10-22-11-14-23;3-2(4,5)1(6)7/h4-6,15,18,22H,1-3,7-14H2;(H,6,7). The van der Waals surface area contributed by atoms with E-state index in [1.54, 1.807) is 0 Å². The third-order valence-corrected chi connectivity index (χ3v) is 6.12. The number of aliphatic carboxylic acids is 1. The van der Waals surface area contributed by atoms with Crippen LogP contribution in [-0.4, -0.2) is 77.6 Å². The molecule has 1 aromatic rings. The van der Waals surface area contributed by atoms with Crippen molar-refractivity contribution < 1.29 is 32.7 Å². The van der Waals surface area contributed by atoms with Crippen molar-refractivity contribution in [3.05, 3.63) is 34.3 Å². The lowest BCUT2D eigenvalue weighted by molar-refractivity contribution is -0.192. The van der Waals surface area contributed by atoms with Crippen LogP contribution in [-0.2, 0) is 9.59 Å². The summed E-state index contributed by atoms with van der Waals surface area (Å²) in [4.78, 5) is 38.5. The molecule has 0 radical (unpaired) electrons. The Labute approximate surface area is 199 Å². The zero-order valence-electron chi connectivity index (χ0n) is 18.2. The molecule has 7 nitrogen and oxygen atoms in total. The van der Waals surface area contributed by atoms with Gasteiger partial charge in [-0.2, -0.15) is 13.2 Å². The van der Waals surface area contributed by atoms with Crippen molar-refractivity contribution >= 4 is 33.7 Å². The minimum absolute atomic E-state index is 0.0475. The maximum Gasteiger partial charge on any atom is 0.490 e. The first-order valence-corrected chi connectivity index (χ1v) is 11.7. The number of carbonyl (C=O) groups is 3. The average molecular weight is 536 g/mol. The molecule has 1 aliphatic heterocycles. The number of carboxylic acid groups (broad SMARTS) is 1. The van der Waals surface area contributed by atoms with Gasteiger partial charge in [-0.25, -0.2) is 4.79 Å². The lowest BCUT2D eigenvalue weighted by Crippen LogP contribution is -2.48. The Kier molecular flexibility index (Phi) is 10.6. The van der Waals surface area contributed by atoms with Gasteiger partial charge in [0.2, 0.25) is 5.91 Å². The molecule has 1 saturated heterocycles. The fraction of sp³-hybridized carbons (Fsp3) is 0.591. The Balaban J connectivity index is 0.000000479. The predicted molar refractivity (Wildman–Crippen MR) is 120 cm³/mol. The molecule has 33 heavy (non-hydrogen) atoms. The Hall–Kier alpha value is -2.14. The monoisotopic (exact) mass is 535 g/mol. The summed E-state index contributed by atoms with van der Waals surface area (Å²) in [7, 11) is 0. The molecule has 0 bridgehead atoms. The van der Waals surface area contributed by atoms with Crippen molar-refractivity contribution in [2.24, 2.45) is 0 Å². The highest BCUT2D eigenvalue weighted by Crippen LogP contribution is 2.25. The Morgan fingerprint density at radius 1 is 1.12 bits per heavy atom. The second kappa shape index (κ2) is 12.9. The normalized spacial score (nSPS) is 17.0. The van der Waals surface area contributed by atoms with E-state index >= 15 is 0 Å². The first kappa shape index (κ1) is 27.1. The van der Waals surface area contributed by atoms with Gasteiger partial charge < -0.3 is 20.2 Å². The molecule has 3 rings (SSSR count). The topological polar surface area (TPSA) is 90.0 Å². The number of carbonyl (C=O) groups excluding carboxylic acids is 2. The minimum Gasteiger partial charge on any atom is -0.475 e. The molecule has 0 aromatic heterocycles. The van der Waals surface area contributed by atoms with E-state index in [0.29, 0.717) is 18.5 Å². The highest BCUT2D eigenvalue weighted by Gasteiger charge is 2.38. The third kappa shape index (κ3) is 8.96. The lowest BCUT2D eigenvalue weighted by atomic mass is 9.93. The van der Waals surface area contributed by atoms with Crippen LogP contribution in [0, 0.1) is 0 Å². The number of hydrogen-bond donors (Lipinski definition) is 2. The van der Waals surface area contributed by atoms with Gasteiger partial charge in [-0.15, -0.1) is 0 Å². The van der Waals surface area contributed by atoms with Gasteiger partial charge in [0, 0.05) is 55.2 Å². The average Bonchev–Trinajstić information content (AvgIpc) is 2.80. The number of nitrogens with one attached hydrogen (secondary N) is 1. The first-order valence-electron chi connectivity index (χ1n) is 10.9. The number of amides is 2. The van der Waals surface area contributed by atoms with Crippen molar-refractivity contribution in [1.82, 2.24) is 15.1 Å². The minimum atomic E-state index is -5.08. The quantitative estimate of drug-likeness (QED) is 0.600. The summed E-state index contributed by atoms with van der Waals surface area (Å²) in [6.07, 6.45) is 0.992. The van der Waals surface area contributed by atoms with Gasteiger partial charge in [0.1, 0.15) is 0 Å². The van der Waals surface area contributed by atoms with Gasteiger partial charge >= 0.3 is 12.1 Å². The van der Waals surface area contributed by atoms with E-state index in [-0.39, 0.29) is 17.9 Å². The van der Waals surface area contributed by atoms with Crippen molar-refractivity contribution in [3.8, 4) is 0 Å². The number of benzene rings is 1. The van der Waals surface area contributed by atoms with E-state index in [0.717, 1.165) is 43.5 Å². The molecule has 1 heterocycles. The molecular weight excluding hydrogens is 507 g/mol. The lowest BCUT2D eigenvalue weighted by Gasteiger charge is -2.35. The number of carboxylic acids is 1. The molecule has 2 fully saturated rings. The summed E-state index contributed by atoms with van der Waals surface area (Å²) in [5.41, 5.74) is 0.694. The number of nitrogens with zero attached hydrogens (tertiary/aromatic N) is 2. The van der Waals surface area contributed by atoms with E-state index in [2.05, 4.69) is 21.2 Å². The van der Waals surface area contributed by atoms with Crippen LogP contribution in [0.3, 0.4) is 0 Å². The molecule has 2 aliphatic rings. The van der Waals surface area contributed by atoms with E-state index in [4.69, 9.17) is 9.90 Å². The maximum atomic E-state index is 13.2. The molecule has 2 amide bonds. The van der Waals surface area contributed by atoms with E-state index < -0.39 is 12.1 Å².